The number of hydrogen-bond donors (Lipinski definition) is 1. The maximum absolute atomic E-state index is 3.67. The Bertz CT molecular complexity index is 383. The molecule has 1 aromatic carbocycles. The van der Waals surface area contributed by atoms with Crippen LogP contribution in [0.15, 0.2) is 16.6 Å². The highest BCUT2D eigenvalue weighted by atomic mass is 79.9. The molecule has 0 unspecified atom stereocenters. The van der Waals surface area contributed by atoms with Gasteiger partial charge in [-0.1, -0.05) is 25.8 Å². The van der Waals surface area contributed by atoms with E-state index in [4.69, 9.17) is 0 Å². The fourth-order valence-electron chi connectivity index (χ4n) is 2.92. The van der Waals surface area contributed by atoms with Crippen molar-refractivity contribution in [1.29, 1.82) is 0 Å². The summed E-state index contributed by atoms with van der Waals surface area (Å²) in [6, 6.07) is 4.44. The molecule has 1 nitrogen and oxygen atoms in total. The van der Waals surface area contributed by atoms with Crippen LogP contribution in [0.5, 0.6) is 0 Å². The summed E-state index contributed by atoms with van der Waals surface area (Å²) in [4.78, 5) is 0. The molecule has 0 heterocycles. The Morgan fingerprint density at radius 2 is 1.83 bits per heavy atom. The van der Waals surface area contributed by atoms with E-state index >= 15 is 0 Å². The molecule has 1 aliphatic rings. The molecule has 1 fully saturated rings. The van der Waals surface area contributed by atoms with E-state index in [0.29, 0.717) is 0 Å². The molecule has 0 spiro atoms. The third kappa shape index (κ3) is 3.50. The Morgan fingerprint density at radius 3 is 2.44 bits per heavy atom. The van der Waals surface area contributed by atoms with E-state index in [1.165, 1.54) is 47.0 Å². The third-order valence-electron chi connectivity index (χ3n) is 4.13. The van der Waals surface area contributed by atoms with E-state index in [1.807, 2.05) is 0 Å². The topological polar surface area (TPSA) is 12.0 Å². The Morgan fingerprint density at radius 1 is 1.17 bits per heavy atom. The predicted molar refractivity (Wildman–Crippen MR) is 83.2 cm³/mol. The van der Waals surface area contributed by atoms with Crippen LogP contribution < -0.4 is 5.32 Å². The van der Waals surface area contributed by atoms with E-state index < -0.39 is 0 Å². The molecule has 1 aliphatic carbocycles. The second-order valence-electron chi connectivity index (χ2n) is 5.95. The minimum atomic E-state index is 0.855. The summed E-state index contributed by atoms with van der Waals surface area (Å²) in [7, 11) is 0. The summed E-state index contributed by atoms with van der Waals surface area (Å²) in [5, 5.41) is 3.65. The maximum Gasteiger partial charge on any atom is 0.0514 e. The number of benzene rings is 1. The number of anilines is 1. The molecule has 0 bridgehead atoms. The maximum atomic E-state index is 3.67. The zero-order chi connectivity index (χ0) is 13.1. The van der Waals surface area contributed by atoms with E-state index in [2.05, 4.69) is 54.2 Å². The van der Waals surface area contributed by atoms with Crippen molar-refractivity contribution in [3.63, 3.8) is 0 Å². The molecular formula is C16H24BrN. The van der Waals surface area contributed by atoms with Crippen LogP contribution in [0.1, 0.15) is 43.7 Å². The highest BCUT2D eigenvalue weighted by molar-refractivity contribution is 9.10. The Balaban J connectivity index is 1.94. The van der Waals surface area contributed by atoms with Crippen molar-refractivity contribution in [2.75, 3.05) is 11.9 Å². The second-order valence-corrected chi connectivity index (χ2v) is 6.80. The quantitative estimate of drug-likeness (QED) is 0.798. The molecule has 0 atom stereocenters. The summed E-state index contributed by atoms with van der Waals surface area (Å²) in [5.74, 6) is 1.79. The molecule has 0 amide bonds. The SMILES string of the molecule is Cc1cc(C)c(NCC2CCC(C)CC2)c(Br)c1. The van der Waals surface area contributed by atoms with E-state index in [0.717, 1.165) is 18.4 Å². The molecule has 2 rings (SSSR count). The lowest BCUT2D eigenvalue weighted by Gasteiger charge is -2.27. The van der Waals surface area contributed by atoms with Crippen LogP contribution in [-0.4, -0.2) is 6.54 Å². The first kappa shape index (κ1) is 13.9. The van der Waals surface area contributed by atoms with Crippen LogP contribution in [0, 0.1) is 25.7 Å². The van der Waals surface area contributed by atoms with Crippen LogP contribution in [0.2, 0.25) is 0 Å². The smallest absolute Gasteiger partial charge is 0.0514 e. The standard InChI is InChI=1S/C16H24BrN/c1-11-4-6-14(7-5-11)10-18-16-13(3)8-12(2)9-15(16)17/h8-9,11,14,18H,4-7,10H2,1-3H3. The number of rotatable bonds is 3. The lowest BCUT2D eigenvalue weighted by Crippen LogP contribution is -2.20. The fourth-order valence-corrected chi connectivity index (χ4v) is 3.73. The van der Waals surface area contributed by atoms with Gasteiger partial charge in [-0.15, -0.1) is 0 Å². The molecule has 2 heteroatoms. The fraction of sp³-hybridized carbons (Fsp3) is 0.625. The van der Waals surface area contributed by atoms with Crippen molar-refractivity contribution >= 4 is 21.6 Å². The zero-order valence-electron chi connectivity index (χ0n) is 11.7. The van der Waals surface area contributed by atoms with E-state index in [1.54, 1.807) is 0 Å². The van der Waals surface area contributed by atoms with Crippen molar-refractivity contribution in [2.24, 2.45) is 11.8 Å². The average molecular weight is 310 g/mol. The number of nitrogens with one attached hydrogen (secondary N) is 1. The largest absolute Gasteiger partial charge is 0.384 e. The Hall–Kier alpha value is -0.500. The van der Waals surface area contributed by atoms with E-state index in [9.17, 15) is 0 Å². The highest BCUT2D eigenvalue weighted by Crippen LogP contribution is 2.31. The van der Waals surface area contributed by atoms with Gasteiger partial charge in [0.15, 0.2) is 0 Å². The third-order valence-corrected chi connectivity index (χ3v) is 4.76. The van der Waals surface area contributed by atoms with Crippen molar-refractivity contribution < 1.29 is 0 Å². The Kier molecular flexibility index (Phi) is 4.71. The zero-order valence-corrected chi connectivity index (χ0v) is 13.3. The highest BCUT2D eigenvalue weighted by Gasteiger charge is 2.18. The van der Waals surface area contributed by atoms with Crippen molar-refractivity contribution in [3.8, 4) is 0 Å². The number of halogens is 1. The minimum absolute atomic E-state index is 0.855. The van der Waals surface area contributed by atoms with Gasteiger partial charge in [0.2, 0.25) is 0 Å². The van der Waals surface area contributed by atoms with E-state index in [-0.39, 0.29) is 0 Å². The van der Waals surface area contributed by atoms with Crippen LogP contribution in [0.4, 0.5) is 5.69 Å². The first-order valence-corrected chi connectivity index (χ1v) is 7.86. The van der Waals surface area contributed by atoms with Crippen molar-refractivity contribution in [3.05, 3.63) is 27.7 Å². The van der Waals surface area contributed by atoms with Crippen LogP contribution in [0.3, 0.4) is 0 Å². The van der Waals surface area contributed by atoms with Gasteiger partial charge in [0, 0.05) is 11.0 Å². The molecule has 100 valence electrons. The average Bonchev–Trinajstić information content (AvgIpc) is 2.30. The van der Waals surface area contributed by atoms with Crippen LogP contribution in [0.25, 0.3) is 0 Å². The van der Waals surface area contributed by atoms with Gasteiger partial charge in [0.1, 0.15) is 0 Å². The second kappa shape index (κ2) is 6.10. The summed E-state index contributed by atoms with van der Waals surface area (Å²) in [5.41, 5.74) is 3.93. The minimum Gasteiger partial charge on any atom is -0.384 e. The normalized spacial score (nSPS) is 24.0. The lowest BCUT2D eigenvalue weighted by atomic mass is 9.83. The first-order valence-electron chi connectivity index (χ1n) is 7.07. The molecule has 0 saturated heterocycles. The number of aryl methyl sites for hydroxylation is 2. The van der Waals surface area contributed by atoms with Crippen LogP contribution >= 0.6 is 15.9 Å². The van der Waals surface area contributed by atoms with Crippen LogP contribution in [-0.2, 0) is 0 Å². The van der Waals surface area contributed by atoms with Gasteiger partial charge >= 0.3 is 0 Å². The van der Waals surface area contributed by atoms with Gasteiger partial charge in [-0.25, -0.2) is 0 Å². The van der Waals surface area contributed by atoms with Crippen molar-refractivity contribution in [1.82, 2.24) is 0 Å². The van der Waals surface area contributed by atoms with Gasteiger partial charge in [-0.3, -0.25) is 0 Å². The van der Waals surface area contributed by atoms with Gasteiger partial charge in [-0.05, 0) is 71.6 Å². The number of hydrogen-bond acceptors (Lipinski definition) is 1. The molecule has 1 N–H and O–H groups in total. The molecule has 18 heavy (non-hydrogen) atoms. The molecule has 0 aromatic heterocycles. The molecule has 0 aliphatic heterocycles. The van der Waals surface area contributed by atoms with Gasteiger partial charge in [0.25, 0.3) is 0 Å². The van der Waals surface area contributed by atoms with Gasteiger partial charge < -0.3 is 5.32 Å². The summed E-state index contributed by atoms with van der Waals surface area (Å²) in [6.07, 6.45) is 5.58. The summed E-state index contributed by atoms with van der Waals surface area (Å²) >= 11 is 3.67. The predicted octanol–water partition coefficient (Wildman–Crippen LogP) is 5.30. The molecule has 1 saturated carbocycles. The van der Waals surface area contributed by atoms with Gasteiger partial charge in [-0.2, -0.15) is 0 Å². The molecular weight excluding hydrogens is 286 g/mol. The first-order chi connectivity index (χ1) is 8.56. The summed E-state index contributed by atoms with van der Waals surface area (Å²) in [6.45, 7) is 7.83. The lowest BCUT2D eigenvalue weighted by molar-refractivity contribution is 0.300. The Labute approximate surface area is 119 Å². The molecule has 0 radical (unpaired) electrons. The van der Waals surface area contributed by atoms with Gasteiger partial charge in [0.05, 0.1) is 5.69 Å². The monoisotopic (exact) mass is 309 g/mol. The van der Waals surface area contributed by atoms with Crippen molar-refractivity contribution in [2.45, 2.75) is 46.5 Å². The summed E-state index contributed by atoms with van der Waals surface area (Å²) < 4.78 is 1.20. The molecule has 1 aromatic rings.